The molecule has 12 heteroatoms. The number of rotatable bonds is 7. The Bertz CT molecular complexity index is 1650. The van der Waals surface area contributed by atoms with Crippen molar-refractivity contribution >= 4 is 28.6 Å². The quantitative estimate of drug-likeness (QED) is 0.304. The molecule has 0 aliphatic rings. The molecular weight excluding hydrogens is 541 g/mol. The summed E-state index contributed by atoms with van der Waals surface area (Å²) in [4.78, 5) is 23.6. The molecule has 0 unspecified atom stereocenters. The lowest BCUT2D eigenvalue weighted by Gasteiger charge is -2.37. The third kappa shape index (κ3) is 4.72. The number of hydrogen-bond acceptors (Lipinski definition) is 5. The molecule has 1 aromatic heterocycles. The first-order valence-electron chi connectivity index (χ1n) is 11.5. The van der Waals surface area contributed by atoms with Crippen molar-refractivity contribution in [2.24, 2.45) is 14.1 Å². The molecule has 0 saturated carbocycles. The van der Waals surface area contributed by atoms with E-state index < -0.39 is 34.9 Å². The van der Waals surface area contributed by atoms with Gasteiger partial charge in [0.15, 0.2) is 5.60 Å². The fourth-order valence-corrected chi connectivity index (χ4v) is 4.93. The molecule has 0 amide bonds. The average molecular weight is 565 g/mol. The van der Waals surface area contributed by atoms with Crippen LogP contribution in [0.4, 0.5) is 13.2 Å². The number of carboxylic acids is 1. The van der Waals surface area contributed by atoms with Crippen molar-refractivity contribution in [2.45, 2.75) is 24.6 Å². The maximum absolute atomic E-state index is 14.5. The van der Waals surface area contributed by atoms with Gasteiger partial charge in [-0.3, -0.25) is 9.13 Å². The molecule has 4 rings (SSSR count). The molecule has 0 spiro atoms. The Morgan fingerprint density at radius 3 is 2.18 bits per heavy atom. The van der Waals surface area contributed by atoms with E-state index in [1.54, 1.807) is 0 Å². The Balaban J connectivity index is 1.72. The van der Waals surface area contributed by atoms with Crippen molar-refractivity contribution in [1.82, 2.24) is 9.13 Å². The van der Waals surface area contributed by atoms with E-state index in [1.807, 2.05) is 0 Å². The van der Waals surface area contributed by atoms with E-state index in [0.29, 0.717) is 5.52 Å². The summed E-state index contributed by atoms with van der Waals surface area (Å²) < 4.78 is 56.9. The van der Waals surface area contributed by atoms with Gasteiger partial charge in [0, 0.05) is 31.1 Å². The zero-order chi connectivity index (χ0) is 28.9. The maximum atomic E-state index is 14.5. The molecule has 2 atom stereocenters. The smallest absolute Gasteiger partial charge is 0.422 e. The van der Waals surface area contributed by atoms with Gasteiger partial charge >= 0.3 is 17.8 Å². The number of hydrogen-bond donors (Lipinski definition) is 2. The van der Waals surface area contributed by atoms with Gasteiger partial charge in [0.1, 0.15) is 22.8 Å². The molecule has 0 aliphatic carbocycles. The molecule has 0 fully saturated rings. The van der Waals surface area contributed by atoms with Gasteiger partial charge in [-0.2, -0.15) is 13.2 Å². The summed E-state index contributed by atoms with van der Waals surface area (Å²) in [5.74, 6) is -2.32. The van der Waals surface area contributed by atoms with Crippen LogP contribution in [0.15, 0.2) is 59.4 Å². The first kappa shape index (κ1) is 28.1. The Morgan fingerprint density at radius 1 is 0.974 bits per heavy atom. The topological polar surface area (TPSA) is 103 Å². The van der Waals surface area contributed by atoms with Gasteiger partial charge < -0.3 is 19.7 Å². The fourth-order valence-electron chi connectivity index (χ4n) is 4.60. The van der Waals surface area contributed by atoms with Crippen LogP contribution in [0.25, 0.3) is 11.0 Å². The van der Waals surface area contributed by atoms with Crippen LogP contribution in [0.5, 0.6) is 17.2 Å². The standard InChI is InChI=1S/C27H24ClF3N2O6/c1-14(26(37,27(29,30)31)15-5-10-21-22(11-15)33(3)25(36)32(21)2)18-8-6-16(12-20(18)28)39-17-7-9-19(24(34)35)23(13-17)38-4/h5-14,37H,1-4H3,(H,34,35)/t14-,26-/m1/s1. The van der Waals surface area contributed by atoms with Crippen molar-refractivity contribution in [3.8, 4) is 17.2 Å². The SMILES string of the molecule is COc1cc(Oc2ccc([C@@H](C)[C@@](O)(c3ccc4c(c3)n(C)c(=O)n4C)C(F)(F)F)c(Cl)c2)ccc1C(=O)O. The lowest BCUT2D eigenvalue weighted by atomic mass is 9.77. The van der Waals surface area contributed by atoms with Crippen LogP contribution in [0.3, 0.4) is 0 Å². The molecule has 8 nitrogen and oxygen atoms in total. The van der Waals surface area contributed by atoms with Gasteiger partial charge in [0.05, 0.1) is 18.1 Å². The predicted molar refractivity (Wildman–Crippen MR) is 138 cm³/mol. The van der Waals surface area contributed by atoms with Gasteiger partial charge in [0.2, 0.25) is 0 Å². The zero-order valence-electron chi connectivity index (χ0n) is 21.2. The molecule has 2 N–H and O–H groups in total. The van der Waals surface area contributed by atoms with Gasteiger partial charge in [-0.15, -0.1) is 0 Å². The number of aromatic carboxylic acids is 1. The molecule has 0 bridgehead atoms. The summed E-state index contributed by atoms with van der Waals surface area (Å²) >= 11 is 6.39. The second kappa shape index (κ2) is 9.97. The average Bonchev–Trinajstić information content (AvgIpc) is 3.10. The second-order valence-electron chi connectivity index (χ2n) is 9.04. The second-order valence-corrected chi connectivity index (χ2v) is 9.45. The summed E-state index contributed by atoms with van der Waals surface area (Å²) in [6, 6.07) is 11.7. The molecule has 1 heterocycles. The van der Waals surface area contributed by atoms with Gasteiger partial charge in [-0.1, -0.05) is 30.7 Å². The molecule has 39 heavy (non-hydrogen) atoms. The van der Waals surface area contributed by atoms with E-state index in [2.05, 4.69) is 0 Å². The Kier molecular flexibility index (Phi) is 7.18. The number of methoxy groups -OCH3 is 1. The number of benzene rings is 3. The molecule has 0 radical (unpaired) electrons. The summed E-state index contributed by atoms with van der Waals surface area (Å²) in [6.07, 6.45) is -5.10. The van der Waals surface area contributed by atoms with Crippen molar-refractivity contribution in [2.75, 3.05) is 7.11 Å². The van der Waals surface area contributed by atoms with Crippen LogP contribution in [-0.4, -0.2) is 38.6 Å². The van der Waals surface area contributed by atoms with Gasteiger partial charge in [-0.25, -0.2) is 9.59 Å². The zero-order valence-corrected chi connectivity index (χ0v) is 22.0. The normalized spacial score (nSPS) is 14.2. The van der Waals surface area contributed by atoms with Crippen LogP contribution >= 0.6 is 11.6 Å². The highest BCUT2D eigenvalue weighted by Gasteiger charge is 2.59. The number of aliphatic hydroxyl groups is 1. The largest absolute Gasteiger partial charge is 0.496 e. The molecule has 4 aromatic rings. The highest BCUT2D eigenvalue weighted by molar-refractivity contribution is 6.31. The van der Waals surface area contributed by atoms with Crippen molar-refractivity contribution in [3.63, 3.8) is 0 Å². The number of halogens is 4. The van der Waals surface area contributed by atoms with Crippen LogP contribution in [-0.2, 0) is 19.7 Å². The molecule has 3 aromatic carbocycles. The Morgan fingerprint density at radius 2 is 1.59 bits per heavy atom. The minimum absolute atomic E-state index is 0.00435. The van der Waals surface area contributed by atoms with Crippen LogP contribution in [0.2, 0.25) is 5.02 Å². The van der Waals surface area contributed by atoms with Crippen molar-refractivity contribution in [3.05, 3.63) is 86.8 Å². The monoisotopic (exact) mass is 564 g/mol. The first-order chi connectivity index (χ1) is 18.2. The number of carbonyl (C=O) groups is 1. The van der Waals surface area contributed by atoms with E-state index in [0.717, 1.165) is 12.1 Å². The number of carboxylic acid groups (broad SMARTS) is 1. The highest BCUT2D eigenvalue weighted by Crippen LogP contribution is 2.50. The third-order valence-corrected chi connectivity index (χ3v) is 7.18. The summed E-state index contributed by atoms with van der Waals surface area (Å²) in [7, 11) is 4.24. The highest BCUT2D eigenvalue weighted by atomic mass is 35.5. The molecule has 0 saturated heterocycles. The number of nitrogens with zero attached hydrogens (tertiary/aromatic N) is 2. The number of alkyl halides is 3. The predicted octanol–water partition coefficient (Wildman–Crippen LogP) is 5.58. The summed E-state index contributed by atoms with van der Waals surface area (Å²) in [6.45, 7) is 1.21. The number of aromatic nitrogens is 2. The lowest BCUT2D eigenvalue weighted by molar-refractivity contribution is -0.274. The minimum atomic E-state index is -5.10. The van der Waals surface area contributed by atoms with Crippen molar-refractivity contribution < 1.29 is 37.7 Å². The van der Waals surface area contributed by atoms with Gasteiger partial charge in [0.25, 0.3) is 0 Å². The number of imidazole rings is 1. The maximum Gasteiger partial charge on any atom is 0.422 e. The third-order valence-electron chi connectivity index (χ3n) is 6.85. The molecular formula is C27H24ClF3N2O6. The molecule has 0 aliphatic heterocycles. The number of ether oxygens (including phenoxy) is 2. The fraction of sp³-hybridized carbons (Fsp3) is 0.259. The lowest BCUT2D eigenvalue weighted by Crippen LogP contribution is -2.46. The van der Waals surface area contributed by atoms with E-state index in [-0.39, 0.29) is 38.9 Å². The van der Waals surface area contributed by atoms with Crippen LogP contribution in [0.1, 0.15) is 34.3 Å². The van der Waals surface area contributed by atoms with Crippen molar-refractivity contribution in [1.29, 1.82) is 0 Å². The van der Waals surface area contributed by atoms with Crippen LogP contribution in [0, 0.1) is 0 Å². The number of fused-ring (bicyclic) bond motifs is 1. The first-order valence-corrected chi connectivity index (χ1v) is 11.9. The summed E-state index contributed by atoms with van der Waals surface area (Å²) in [5.41, 5.74) is -3.64. The van der Waals surface area contributed by atoms with E-state index in [9.17, 15) is 33.0 Å². The Labute approximate surface area is 225 Å². The number of aryl methyl sites for hydroxylation is 2. The summed E-state index contributed by atoms with van der Waals surface area (Å²) in [5, 5.41) is 20.4. The van der Waals surface area contributed by atoms with E-state index in [4.69, 9.17) is 21.1 Å². The van der Waals surface area contributed by atoms with E-state index in [1.165, 1.54) is 79.7 Å². The van der Waals surface area contributed by atoms with Crippen LogP contribution < -0.4 is 15.2 Å². The van der Waals surface area contributed by atoms with Gasteiger partial charge in [-0.05, 0) is 47.5 Å². The molecule has 206 valence electrons. The Hall–Kier alpha value is -3.96. The van der Waals surface area contributed by atoms with E-state index >= 15 is 0 Å². The minimum Gasteiger partial charge on any atom is -0.496 e.